The van der Waals surface area contributed by atoms with Crippen LogP contribution in [0.2, 0.25) is 0 Å². The topological polar surface area (TPSA) is 52.0 Å². The molecule has 2 rings (SSSR count). The number of anilines is 1. The molecule has 0 amide bonds. The van der Waals surface area contributed by atoms with Gasteiger partial charge in [-0.05, 0) is 18.2 Å². The second-order valence-electron chi connectivity index (χ2n) is 3.41. The van der Waals surface area contributed by atoms with Gasteiger partial charge in [-0.1, -0.05) is 5.21 Å². The number of benzene rings is 1. The molecular weight excluding hydrogens is 204 g/mol. The first-order valence-electron chi connectivity index (χ1n) is 4.97. The third-order valence-corrected chi connectivity index (χ3v) is 2.48. The minimum Gasteiger partial charge on any atom is -0.495 e. The Balaban J connectivity index is 2.48. The molecule has 1 heterocycles. The van der Waals surface area contributed by atoms with Crippen molar-refractivity contribution in [3.05, 3.63) is 24.4 Å². The molecule has 5 nitrogen and oxygen atoms in total. The van der Waals surface area contributed by atoms with E-state index in [4.69, 9.17) is 4.74 Å². The van der Waals surface area contributed by atoms with Crippen molar-refractivity contribution < 1.29 is 4.74 Å². The van der Waals surface area contributed by atoms with Crippen molar-refractivity contribution in [3.63, 3.8) is 0 Å². The molecule has 0 saturated heterocycles. The van der Waals surface area contributed by atoms with Crippen LogP contribution in [0.25, 0.3) is 11.3 Å². The van der Waals surface area contributed by atoms with Crippen LogP contribution in [-0.4, -0.2) is 29.2 Å². The second kappa shape index (κ2) is 4.22. The summed E-state index contributed by atoms with van der Waals surface area (Å²) in [5.41, 5.74) is 2.97. The Morgan fingerprint density at radius 1 is 1.38 bits per heavy atom. The van der Waals surface area contributed by atoms with Crippen molar-refractivity contribution in [2.24, 2.45) is 7.05 Å². The van der Waals surface area contributed by atoms with Gasteiger partial charge >= 0.3 is 0 Å². The van der Waals surface area contributed by atoms with Crippen LogP contribution >= 0.6 is 0 Å². The number of rotatable bonds is 3. The first kappa shape index (κ1) is 10.5. The van der Waals surface area contributed by atoms with E-state index >= 15 is 0 Å². The number of hydrogen-bond acceptors (Lipinski definition) is 4. The average molecular weight is 218 g/mol. The third-order valence-electron chi connectivity index (χ3n) is 2.48. The molecule has 0 atom stereocenters. The zero-order valence-electron chi connectivity index (χ0n) is 9.56. The van der Waals surface area contributed by atoms with Crippen LogP contribution in [0, 0.1) is 0 Å². The summed E-state index contributed by atoms with van der Waals surface area (Å²) in [6.45, 7) is 0. The Labute approximate surface area is 94.0 Å². The van der Waals surface area contributed by atoms with Gasteiger partial charge in [0.05, 0.1) is 24.7 Å². The highest BCUT2D eigenvalue weighted by Gasteiger charge is 2.07. The highest BCUT2D eigenvalue weighted by molar-refractivity contribution is 5.69. The molecule has 84 valence electrons. The summed E-state index contributed by atoms with van der Waals surface area (Å²) in [5.74, 6) is 0.821. The Hall–Kier alpha value is -2.04. The predicted molar refractivity (Wildman–Crippen MR) is 62.5 cm³/mol. The minimum atomic E-state index is 0.821. The number of ether oxygens (including phenoxy) is 1. The summed E-state index contributed by atoms with van der Waals surface area (Å²) in [5, 5.41) is 10.9. The number of hydrogen-bond donors (Lipinski definition) is 1. The van der Waals surface area contributed by atoms with Crippen LogP contribution in [0.15, 0.2) is 24.4 Å². The molecule has 0 aliphatic carbocycles. The van der Waals surface area contributed by atoms with Gasteiger partial charge in [0.2, 0.25) is 0 Å². The molecule has 0 fully saturated rings. The summed E-state index contributed by atoms with van der Waals surface area (Å²) in [7, 11) is 5.39. The lowest BCUT2D eigenvalue weighted by atomic mass is 10.1. The zero-order valence-corrected chi connectivity index (χ0v) is 9.56. The molecule has 0 spiro atoms. The molecule has 0 bridgehead atoms. The van der Waals surface area contributed by atoms with Crippen LogP contribution in [0.4, 0.5) is 5.69 Å². The van der Waals surface area contributed by atoms with Crippen molar-refractivity contribution in [2.45, 2.75) is 0 Å². The minimum absolute atomic E-state index is 0.821. The number of aryl methyl sites for hydroxylation is 1. The standard InChI is InChI=1S/C11H14N4O/c1-12-9-6-8(4-5-11(9)16-3)10-7-13-14-15(10)2/h4-7,12H,1-3H3. The zero-order chi connectivity index (χ0) is 11.5. The van der Waals surface area contributed by atoms with Crippen molar-refractivity contribution in [1.29, 1.82) is 0 Å². The fourth-order valence-electron chi connectivity index (χ4n) is 1.61. The van der Waals surface area contributed by atoms with E-state index in [1.807, 2.05) is 32.3 Å². The molecular formula is C11H14N4O. The lowest BCUT2D eigenvalue weighted by Crippen LogP contribution is -1.97. The van der Waals surface area contributed by atoms with Gasteiger partial charge in [0.15, 0.2) is 0 Å². The Morgan fingerprint density at radius 3 is 2.75 bits per heavy atom. The molecule has 1 aromatic heterocycles. The maximum atomic E-state index is 5.24. The van der Waals surface area contributed by atoms with Gasteiger partial charge < -0.3 is 10.1 Å². The van der Waals surface area contributed by atoms with Gasteiger partial charge in [0.25, 0.3) is 0 Å². The molecule has 0 radical (unpaired) electrons. The van der Waals surface area contributed by atoms with E-state index < -0.39 is 0 Å². The van der Waals surface area contributed by atoms with Crippen LogP contribution in [0.1, 0.15) is 0 Å². The lowest BCUT2D eigenvalue weighted by molar-refractivity contribution is 0.416. The largest absolute Gasteiger partial charge is 0.495 e. The molecule has 0 aliphatic rings. The normalized spacial score (nSPS) is 10.2. The van der Waals surface area contributed by atoms with E-state index in [0.29, 0.717) is 0 Å². The summed E-state index contributed by atoms with van der Waals surface area (Å²) in [6, 6.07) is 5.92. The molecule has 0 saturated carbocycles. The fraction of sp³-hybridized carbons (Fsp3) is 0.273. The van der Waals surface area contributed by atoms with Gasteiger partial charge in [-0.25, -0.2) is 4.68 Å². The smallest absolute Gasteiger partial charge is 0.141 e. The predicted octanol–water partition coefficient (Wildman–Crippen LogP) is 1.53. The third kappa shape index (κ3) is 1.71. The van der Waals surface area contributed by atoms with Gasteiger partial charge in [0, 0.05) is 19.7 Å². The Morgan fingerprint density at radius 2 is 2.19 bits per heavy atom. The van der Waals surface area contributed by atoms with Crippen LogP contribution in [-0.2, 0) is 7.05 Å². The summed E-state index contributed by atoms with van der Waals surface area (Å²) < 4.78 is 6.98. The van der Waals surface area contributed by atoms with Crippen molar-refractivity contribution in [1.82, 2.24) is 15.0 Å². The number of aromatic nitrogens is 3. The van der Waals surface area contributed by atoms with Gasteiger partial charge in [-0.2, -0.15) is 0 Å². The maximum absolute atomic E-state index is 5.24. The second-order valence-corrected chi connectivity index (χ2v) is 3.41. The highest BCUT2D eigenvalue weighted by atomic mass is 16.5. The molecule has 16 heavy (non-hydrogen) atoms. The quantitative estimate of drug-likeness (QED) is 0.848. The van der Waals surface area contributed by atoms with E-state index in [9.17, 15) is 0 Å². The van der Waals surface area contributed by atoms with Crippen LogP contribution in [0.3, 0.4) is 0 Å². The van der Waals surface area contributed by atoms with E-state index in [1.165, 1.54) is 0 Å². The van der Waals surface area contributed by atoms with E-state index in [-0.39, 0.29) is 0 Å². The first-order valence-corrected chi connectivity index (χ1v) is 4.97. The van der Waals surface area contributed by atoms with Gasteiger partial charge in [0.1, 0.15) is 5.75 Å². The fourth-order valence-corrected chi connectivity index (χ4v) is 1.61. The molecule has 0 unspecified atom stereocenters. The van der Waals surface area contributed by atoms with Crippen LogP contribution < -0.4 is 10.1 Å². The van der Waals surface area contributed by atoms with Gasteiger partial charge in [-0.3, -0.25) is 0 Å². The summed E-state index contributed by atoms with van der Waals surface area (Å²) in [6.07, 6.45) is 1.74. The molecule has 0 aliphatic heterocycles. The van der Waals surface area contributed by atoms with Crippen molar-refractivity contribution in [3.8, 4) is 17.0 Å². The summed E-state index contributed by atoms with van der Waals surface area (Å²) >= 11 is 0. The van der Waals surface area contributed by atoms with Crippen molar-refractivity contribution >= 4 is 5.69 Å². The van der Waals surface area contributed by atoms with E-state index in [2.05, 4.69) is 15.6 Å². The Kier molecular flexibility index (Phi) is 2.76. The lowest BCUT2D eigenvalue weighted by Gasteiger charge is -2.09. The SMILES string of the molecule is CNc1cc(-c2cnnn2C)ccc1OC. The summed E-state index contributed by atoms with van der Waals surface area (Å²) in [4.78, 5) is 0. The van der Waals surface area contributed by atoms with E-state index in [1.54, 1.807) is 18.0 Å². The van der Waals surface area contributed by atoms with Crippen LogP contribution in [0.5, 0.6) is 5.75 Å². The monoisotopic (exact) mass is 218 g/mol. The first-order chi connectivity index (χ1) is 7.76. The highest BCUT2D eigenvalue weighted by Crippen LogP contribution is 2.29. The molecule has 1 aromatic carbocycles. The number of methoxy groups -OCH3 is 1. The maximum Gasteiger partial charge on any atom is 0.141 e. The van der Waals surface area contributed by atoms with Crippen molar-refractivity contribution in [2.75, 3.05) is 19.5 Å². The van der Waals surface area contributed by atoms with Gasteiger partial charge in [-0.15, -0.1) is 5.10 Å². The number of nitrogens with one attached hydrogen (secondary N) is 1. The van der Waals surface area contributed by atoms with E-state index in [0.717, 1.165) is 22.7 Å². The Bertz CT molecular complexity index is 492. The molecule has 5 heteroatoms. The number of nitrogens with zero attached hydrogens (tertiary/aromatic N) is 3. The molecule has 1 N–H and O–H groups in total. The average Bonchev–Trinajstić information content (AvgIpc) is 2.74. The molecule has 2 aromatic rings.